The Morgan fingerprint density at radius 2 is 1.92 bits per heavy atom. The van der Waals surface area contributed by atoms with Crippen molar-refractivity contribution in [1.29, 1.82) is 0 Å². The average Bonchev–Trinajstić information content (AvgIpc) is 3.17. The molecule has 1 aromatic heterocycles. The number of halogens is 1. The van der Waals surface area contributed by atoms with Crippen LogP contribution in [0.15, 0.2) is 36.5 Å². The number of aromatic nitrogens is 1. The van der Waals surface area contributed by atoms with Crippen molar-refractivity contribution in [2.45, 2.75) is 12.8 Å². The summed E-state index contributed by atoms with van der Waals surface area (Å²) in [5.74, 6) is -0.0151. The number of benzene rings is 1. The molecule has 1 aliphatic rings. The molecule has 130 valence electrons. The van der Waals surface area contributed by atoms with E-state index in [1.165, 1.54) is 13.2 Å². The fourth-order valence-electron chi connectivity index (χ4n) is 2.74. The molecule has 6 nitrogen and oxygen atoms in total. The molecule has 1 saturated heterocycles. The van der Waals surface area contributed by atoms with E-state index >= 15 is 0 Å². The fraction of sp³-hybridized carbons (Fsp3) is 0.278. The number of carbonyl (C=O) groups is 2. The van der Waals surface area contributed by atoms with Gasteiger partial charge in [0.05, 0.1) is 23.4 Å². The van der Waals surface area contributed by atoms with E-state index in [2.05, 4.69) is 19.9 Å². The Bertz CT molecular complexity index is 804. The Balaban J connectivity index is 1.80. The number of carbonyl (C=O) groups excluding carboxylic acids is 2. The zero-order chi connectivity index (χ0) is 17.8. The standard InChI is InChI=1S/C18H18ClN3O3/c1-25-18(24)13-4-5-14(19)15(10-13)21-17(23)12-6-7-20-16(11-12)22-8-2-3-9-22/h4-7,10-11H,2-3,8-9H2,1H3,(H,21,23). The number of anilines is 2. The van der Waals surface area contributed by atoms with Crippen molar-refractivity contribution < 1.29 is 14.3 Å². The summed E-state index contributed by atoms with van der Waals surface area (Å²) in [6.07, 6.45) is 3.89. The van der Waals surface area contributed by atoms with Crippen molar-refractivity contribution in [1.82, 2.24) is 4.98 Å². The smallest absolute Gasteiger partial charge is 0.337 e. The van der Waals surface area contributed by atoms with Gasteiger partial charge in [-0.05, 0) is 43.2 Å². The third-order valence-corrected chi connectivity index (χ3v) is 4.40. The first-order valence-electron chi connectivity index (χ1n) is 7.98. The SMILES string of the molecule is COC(=O)c1ccc(Cl)c(NC(=O)c2ccnc(N3CCCC3)c2)c1. The van der Waals surface area contributed by atoms with Crippen LogP contribution >= 0.6 is 11.6 Å². The maximum atomic E-state index is 12.6. The number of methoxy groups -OCH3 is 1. The fourth-order valence-corrected chi connectivity index (χ4v) is 2.90. The van der Waals surface area contributed by atoms with Gasteiger partial charge in [0.15, 0.2) is 0 Å². The predicted octanol–water partition coefficient (Wildman–Crippen LogP) is 3.37. The highest BCUT2D eigenvalue weighted by atomic mass is 35.5. The molecule has 1 amide bonds. The summed E-state index contributed by atoms with van der Waals surface area (Å²) in [5, 5.41) is 3.08. The second-order valence-electron chi connectivity index (χ2n) is 5.74. The highest BCUT2D eigenvalue weighted by Gasteiger charge is 2.16. The van der Waals surface area contributed by atoms with Gasteiger partial charge in [0, 0.05) is 24.8 Å². The molecule has 7 heteroatoms. The lowest BCUT2D eigenvalue weighted by Gasteiger charge is -2.16. The molecule has 0 spiro atoms. The molecule has 0 bridgehead atoms. The first-order valence-corrected chi connectivity index (χ1v) is 8.36. The number of rotatable bonds is 4. The van der Waals surface area contributed by atoms with Crippen molar-refractivity contribution >= 4 is 35.0 Å². The average molecular weight is 360 g/mol. The molecular formula is C18H18ClN3O3. The van der Waals surface area contributed by atoms with Crippen LogP contribution in [0.5, 0.6) is 0 Å². The molecule has 1 N–H and O–H groups in total. The van der Waals surface area contributed by atoms with Crippen LogP contribution < -0.4 is 10.2 Å². The van der Waals surface area contributed by atoms with Gasteiger partial charge < -0.3 is 15.0 Å². The molecule has 0 unspecified atom stereocenters. The van der Waals surface area contributed by atoms with Gasteiger partial charge in [0.2, 0.25) is 0 Å². The van der Waals surface area contributed by atoms with E-state index in [1.54, 1.807) is 30.5 Å². The van der Waals surface area contributed by atoms with E-state index in [4.69, 9.17) is 11.6 Å². The van der Waals surface area contributed by atoms with Gasteiger partial charge in [-0.15, -0.1) is 0 Å². The molecule has 1 aliphatic heterocycles. The molecule has 3 rings (SSSR count). The van der Waals surface area contributed by atoms with Gasteiger partial charge in [0.1, 0.15) is 5.82 Å². The maximum absolute atomic E-state index is 12.6. The van der Waals surface area contributed by atoms with E-state index in [1.807, 2.05) is 0 Å². The Hall–Kier alpha value is -2.60. The number of nitrogens with one attached hydrogen (secondary N) is 1. The summed E-state index contributed by atoms with van der Waals surface area (Å²) in [6, 6.07) is 7.99. The first kappa shape index (κ1) is 17.2. The number of ether oxygens (including phenoxy) is 1. The second-order valence-corrected chi connectivity index (χ2v) is 6.14. The van der Waals surface area contributed by atoms with E-state index in [0.29, 0.717) is 21.8 Å². The van der Waals surface area contributed by atoms with Crippen molar-refractivity contribution in [3.05, 3.63) is 52.7 Å². The maximum Gasteiger partial charge on any atom is 0.337 e. The summed E-state index contributed by atoms with van der Waals surface area (Å²) in [5.41, 5.74) is 1.15. The van der Waals surface area contributed by atoms with Gasteiger partial charge >= 0.3 is 5.97 Å². The second kappa shape index (κ2) is 7.53. The van der Waals surface area contributed by atoms with Crippen LogP contribution in [0.1, 0.15) is 33.6 Å². The highest BCUT2D eigenvalue weighted by molar-refractivity contribution is 6.34. The van der Waals surface area contributed by atoms with Crippen LogP contribution in [0.25, 0.3) is 0 Å². The topological polar surface area (TPSA) is 71.5 Å². The lowest BCUT2D eigenvalue weighted by molar-refractivity contribution is 0.0600. The number of hydrogen-bond acceptors (Lipinski definition) is 5. The normalized spacial score (nSPS) is 13.6. The molecule has 2 heterocycles. The Morgan fingerprint density at radius 1 is 1.16 bits per heavy atom. The van der Waals surface area contributed by atoms with E-state index < -0.39 is 5.97 Å². The highest BCUT2D eigenvalue weighted by Crippen LogP contribution is 2.25. The third kappa shape index (κ3) is 3.91. The number of esters is 1. The third-order valence-electron chi connectivity index (χ3n) is 4.07. The Labute approximate surface area is 150 Å². The van der Waals surface area contributed by atoms with Crippen molar-refractivity contribution in [2.75, 3.05) is 30.4 Å². The van der Waals surface area contributed by atoms with Gasteiger partial charge in [-0.25, -0.2) is 9.78 Å². The molecule has 0 saturated carbocycles. The zero-order valence-corrected chi connectivity index (χ0v) is 14.5. The predicted molar refractivity (Wildman–Crippen MR) is 96.4 cm³/mol. The number of pyridine rings is 1. The lowest BCUT2D eigenvalue weighted by Crippen LogP contribution is -2.20. The van der Waals surface area contributed by atoms with Crippen LogP contribution in [0.4, 0.5) is 11.5 Å². The van der Waals surface area contributed by atoms with Crippen LogP contribution in [0.2, 0.25) is 5.02 Å². The van der Waals surface area contributed by atoms with E-state index in [9.17, 15) is 9.59 Å². The molecule has 2 aromatic rings. The Morgan fingerprint density at radius 3 is 2.64 bits per heavy atom. The van der Waals surface area contributed by atoms with Crippen LogP contribution in [-0.2, 0) is 4.74 Å². The van der Waals surface area contributed by atoms with Gasteiger partial charge in [0.25, 0.3) is 5.91 Å². The lowest BCUT2D eigenvalue weighted by atomic mass is 10.2. The van der Waals surface area contributed by atoms with Gasteiger partial charge in [-0.1, -0.05) is 11.6 Å². The summed E-state index contributed by atoms with van der Waals surface area (Å²) < 4.78 is 4.68. The summed E-state index contributed by atoms with van der Waals surface area (Å²) >= 11 is 6.12. The zero-order valence-electron chi connectivity index (χ0n) is 13.8. The van der Waals surface area contributed by atoms with E-state index in [-0.39, 0.29) is 5.91 Å². The van der Waals surface area contributed by atoms with Crippen molar-refractivity contribution in [3.8, 4) is 0 Å². The minimum atomic E-state index is -0.493. The molecule has 0 radical (unpaired) electrons. The van der Waals surface area contributed by atoms with E-state index in [0.717, 1.165) is 31.7 Å². The van der Waals surface area contributed by atoms with Crippen LogP contribution in [0, 0.1) is 0 Å². The molecule has 1 aromatic carbocycles. The number of amides is 1. The van der Waals surface area contributed by atoms with Crippen LogP contribution in [0.3, 0.4) is 0 Å². The molecule has 0 atom stereocenters. The minimum Gasteiger partial charge on any atom is -0.465 e. The number of hydrogen-bond donors (Lipinski definition) is 1. The molecular weight excluding hydrogens is 342 g/mol. The Kier molecular flexibility index (Phi) is 5.19. The molecule has 1 fully saturated rings. The minimum absolute atomic E-state index is 0.313. The van der Waals surface area contributed by atoms with Gasteiger partial charge in [-0.2, -0.15) is 0 Å². The largest absolute Gasteiger partial charge is 0.465 e. The number of nitrogens with zero attached hydrogens (tertiary/aromatic N) is 2. The quantitative estimate of drug-likeness (QED) is 0.847. The van der Waals surface area contributed by atoms with Crippen molar-refractivity contribution in [3.63, 3.8) is 0 Å². The van der Waals surface area contributed by atoms with Crippen LogP contribution in [-0.4, -0.2) is 37.1 Å². The summed E-state index contributed by atoms with van der Waals surface area (Å²) in [7, 11) is 1.30. The van der Waals surface area contributed by atoms with Gasteiger partial charge in [-0.3, -0.25) is 4.79 Å². The van der Waals surface area contributed by atoms with Crippen molar-refractivity contribution in [2.24, 2.45) is 0 Å². The summed E-state index contributed by atoms with van der Waals surface area (Å²) in [6.45, 7) is 1.90. The molecule has 0 aliphatic carbocycles. The molecule has 25 heavy (non-hydrogen) atoms. The monoisotopic (exact) mass is 359 g/mol. The first-order chi connectivity index (χ1) is 12.1. The summed E-state index contributed by atoms with van der Waals surface area (Å²) in [4.78, 5) is 30.7.